The lowest BCUT2D eigenvalue weighted by Crippen LogP contribution is -2.49. The summed E-state index contributed by atoms with van der Waals surface area (Å²) in [4.78, 5) is 25.7. The first-order valence-electron chi connectivity index (χ1n) is 8.21. The van der Waals surface area contributed by atoms with Gasteiger partial charge < -0.3 is 24.6 Å². The van der Waals surface area contributed by atoms with Gasteiger partial charge in [0.05, 0.1) is 17.4 Å². The summed E-state index contributed by atoms with van der Waals surface area (Å²) >= 11 is 0. The Morgan fingerprint density at radius 1 is 1.44 bits per heavy atom. The maximum Gasteiger partial charge on any atom is 0.341 e. The number of nitrogens with one attached hydrogen (secondary N) is 1. The van der Waals surface area contributed by atoms with Crippen LogP contribution in [-0.2, 0) is 6.54 Å². The Morgan fingerprint density at radius 2 is 2.24 bits per heavy atom. The van der Waals surface area contributed by atoms with Crippen LogP contribution in [0.2, 0.25) is 0 Å². The van der Waals surface area contributed by atoms with E-state index in [1.807, 2.05) is 11.8 Å². The van der Waals surface area contributed by atoms with Crippen LogP contribution >= 0.6 is 0 Å². The van der Waals surface area contributed by atoms with Gasteiger partial charge in [0.25, 0.3) is 0 Å². The Hall–Kier alpha value is -2.61. The first-order valence-corrected chi connectivity index (χ1v) is 8.21. The van der Waals surface area contributed by atoms with E-state index in [9.17, 15) is 19.1 Å². The topological polar surface area (TPSA) is 83.8 Å². The molecule has 1 aromatic carbocycles. The van der Waals surface area contributed by atoms with Gasteiger partial charge >= 0.3 is 5.97 Å². The van der Waals surface area contributed by atoms with Crippen LogP contribution in [0.25, 0.3) is 10.9 Å². The van der Waals surface area contributed by atoms with Crippen LogP contribution in [0.4, 0.5) is 10.1 Å². The number of aromatic carboxylic acids is 1. The maximum absolute atomic E-state index is 14.9. The standard InChI is InChI=1S/C17H18FN3O4/c1-9-7-20(3-2-19-9)14-12(18)6-10-13-16(14)25-5-4-21(13)8-11(15(10)22)17(23)24/h6,8-9,19H,2-5,7H2,1H3,(H,23,24). The second-order valence-corrected chi connectivity index (χ2v) is 6.45. The number of hydrogen-bond acceptors (Lipinski definition) is 5. The molecule has 0 aliphatic carbocycles. The highest BCUT2D eigenvalue weighted by atomic mass is 19.1. The third kappa shape index (κ3) is 2.44. The highest BCUT2D eigenvalue weighted by molar-refractivity contribution is 5.97. The van der Waals surface area contributed by atoms with E-state index < -0.39 is 17.2 Å². The molecule has 1 atom stereocenters. The van der Waals surface area contributed by atoms with Gasteiger partial charge in [0.15, 0.2) is 11.6 Å². The summed E-state index contributed by atoms with van der Waals surface area (Å²) in [5, 5.41) is 12.6. The average Bonchev–Trinajstić information content (AvgIpc) is 2.57. The molecule has 132 valence electrons. The van der Waals surface area contributed by atoms with Crippen molar-refractivity contribution in [3.8, 4) is 5.75 Å². The fraction of sp³-hybridized carbons (Fsp3) is 0.412. The number of aromatic nitrogens is 1. The van der Waals surface area contributed by atoms with Crippen molar-refractivity contribution in [2.45, 2.75) is 19.5 Å². The molecule has 2 aromatic rings. The Balaban J connectivity index is 2.00. The minimum Gasteiger partial charge on any atom is -0.487 e. The smallest absolute Gasteiger partial charge is 0.341 e. The normalized spacial score (nSPS) is 19.8. The molecular weight excluding hydrogens is 329 g/mol. The van der Waals surface area contributed by atoms with Crippen LogP contribution < -0.4 is 20.4 Å². The summed E-state index contributed by atoms with van der Waals surface area (Å²) in [6.45, 7) is 4.70. The number of carboxylic acid groups (broad SMARTS) is 1. The minimum absolute atomic E-state index is 0.0408. The molecule has 1 unspecified atom stereocenters. The van der Waals surface area contributed by atoms with Gasteiger partial charge in [0.2, 0.25) is 5.43 Å². The first-order chi connectivity index (χ1) is 12.0. The summed E-state index contributed by atoms with van der Waals surface area (Å²) in [5.74, 6) is -1.56. The molecule has 7 nitrogen and oxygen atoms in total. The van der Waals surface area contributed by atoms with Crippen molar-refractivity contribution >= 4 is 22.6 Å². The number of piperazine rings is 1. The summed E-state index contributed by atoms with van der Waals surface area (Å²) in [6.07, 6.45) is 1.32. The van der Waals surface area contributed by atoms with Gasteiger partial charge in [-0.2, -0.15) is 0 Å². The van der Waals surface area contributed by atoms with Gasteiger partial charge in [-0.3, -0.25) is 4.79 Å². The lowest BCUT2D eigenvalue weighted by Gasteiger charge is -2.36. The van der Waals surface area contributed by atoms with Crippen molar-refractivity contribution < 1.29 is 19.0 Å². The molecule has 2 aliphatic heterocycles. The summed E-state index contributed by atoms with van der Waals surface area (Å²) in [6, 6.07) is 1.34. The summed E-state index contributed by atoms with van der Waals surface area (Å²) < 4.78 is 22.3. The Bertz CT molecular complexity index is 940. The van der Waals surface area contributed by atoms with E-state index in [0.29, 0.717) is 43.2 Å². The molecule has 1 saturated heterocycles. The predicted molar refractivity (Wildman–Crippen MR) is 90.3 cm³/mol. The molecule has 0 radical (unpaired) electrons. The number of carboxylic acids is 1. The number of pyridine rings is 1. The molecule has 1 aromatic heterocycles. The van der Waals surface area contributed by atoms with Gasteiger partial charge in [-0.1, -0.05) is 0 Å². The minimum atomic E-state index is -1.32. The molecule has 8 heteroatoms. The Labute approximate surface area is 142 Å². The number of anilines is 1. The zero-order chi connectivity index (χ0) is 17.7. The number of benzene rings is 1. The van der Waals surface area contributed by atoms with E-state index in [-0.39, 0.29) is 17.0 Å². The van der Waals surface area contributed by atoms with Gasteiger partial charge in [-0.05, 0) is 13.0 Å². The van der Waals surface area contributed by atoms with Crippen molar-refractivity contribution in [2.24, 2.45) is 0 Å². The van der Waals surface area contributed by atoms with Gasteiger partial charge in [0.1, 0.15) is 17.9 Å². The predicted octanol–water partition coefficient (Wildman–Crippen LogP) is 1.03. The van der Waals surface area contributed by atoms with Gasteiger partial charge in [-0.25, -0.2) is 9.18 Å². The quantitative estimate of drug-likeness (QED) is 0.844. The lowest BCUT2D eigenvalue weighted by atomic mass is 10.1. The number of halogens is 1. The molecule has 0 amide bonds. The van der Waals surface area contributed by atoms with E-state index in [1.54, 1.807) is 4.57 Å². The average molecular weight is 347 g/mol. The Kier molecular flexibility index (Phi) is 3.64. The molecule has 1 fully saturated rings. The third-order valence-corrected chi connectivity index (χ3v) is 4.74. The van der Waals surface area contributed by atoms with Gasteiger partial charge in [0, 0.05) is 31.9 Å². The number of carbonyl (C=O) groups is 1. The van der Waals surface area contributed by atoms with E-state index in [0.717, 1.165) is 12.6 Å². The largest absolute Gasteiger partial charge is 0.487 e. The zero-order valence-corrected chi connectivity index (χ0v) is 13.7. The molecule has 25 heavy (non-hydrogen) atoms. The van der Waals surface area contributed by atoms with Crippen molar-refractivity contribution in [2.75, 3.05) is 31.1 Å². The summed E-state index contributed by atoms with van der Waals surface area (Å²) in [5.41, 5.74) is -0.242. The van der Waals surface area contributed by atoms with Crippen molar-refractivity contribution in [3.63, 3.8) is 0 Å². The Morgan fingerprint density at radius 3 is 2.96 bits per heavy atom. The molecule has 2 aliphatic rings. The maximum atomic E-state index is 14.9. The second kappa shape index (κ2) is 5.73. The van der Waals surface area contributed by atoms with E-state index >= 15 is 0 Å². The van der Waals surface area contributed by atoms with Crippen LogP contribution in [0.3, 0.4) is 0 Å². The highest BCUT2D eigenvalue weighted by Crippen LogP contribution is 2.40. The van der Waals surface area contributed by atoms with Crippen LogP contribution in [0.1, 0.15) is 17.3 Å². The molecular formula is C17H18FN3O4. The monoisotopic (exact) mass is 347 g/mol. The van der Waals surface area contributed by atoms with Crippen LogP contribution in [0, 0.1) is 5.82 Å². The van der Waals surface area contributed by atoms with Gasteiger partial charge in [-0.15, -0.1) is 0 Å². The first kappa shape index (κ1) is 15.9. The number of rotatable bonds is 2. The fourth-order valence-corrected chi connectivity index (χ4v) is 3.63. The molecule has 3 heterocycles. The number of ether oxygens (including phenoxy) is 1. The van der Waals surface area contributed by atoms with Crippen molar-refractivity contribution in [1.29, 1.82) is 0 Å². The van der Waals surface area contributed by atoms with Crippen LogP contribution in [0.15, 0.2) is 17.1 Å². The SMILES string of the molecule is CC1CN(c2c(F)cc3c(=O)c(C(=O)O)cn4c3c2OCC4)CCN1. The fourth-order valence-electron chi connectivity index (χ4n) is 3.63. The molecule has 0 saturated carbocycles. The van der Waals surface area contributed by atoms with Crippen LogP contribution in [-0.4, -0.2) is 47.9 Å². The number of nitrogens with zero attached hydrogens (tertiary/aromatic N) is 2. The van der Waals surface area contributed by atoms with Crippen molar-refractivity contribution in [1.82, 2.24) is 9.88 Å². The van der Waals surface area contributed by atoms with E-state index in [1.165, 1.54) is 6.20 Å². The van der Waals surface area contributed by atoms with E-state index in [2.05, 4.69) is 5.32 Å². The third-order valence-electron chi connectivity index (χ3n) is 4.74. The highest BCUT2D eigenvalue weighted by Gasteiger charge is 2.29. The molecule has 0 spiro atoms. The lowest BCUT2D eigenvalue weighted by molar-refractivity contribution is 0.0694. The van der Waals surface area contributed by atoms with Crippen molar-refractivity contribution in [3.05, 3.63) is 33.9 Å². The van der Waals surface area contributed by atoms with E-state index in [4.69, 9.17) is 4.74 Å². The second-order valence-electron chi connectivity index (χ2n) is 6.45. The molecule has 0 bridgehead atoms. The number of hydrogen-bond donors (Lipinski definition) is 2. The van der Waals surface area contributed by atoms with Crippen LogP contribution in [0.5, 0.6) is 5.75 Å². The zero-order valence-electron chi connectivity index (χ0n) is 13.7. The molecule has 4 rings (SSSR count). The summed E-state index contributed by atoms with van der Waals surface area (Å²) in [7, 11) is 0. The molecule has 2 N–H and O–H groups in total.